The molecule has 37 heavy (non-hydrogen) atoms. The van der Waals surface area contributed by atoms with E-state index in [1.165, 1.54) is 5.56 Å². The van der Waals surface area contributed by atoms with Crippen LogP contribution in [-0.2, 0) is 6.42 Å². The van der Waals surface area contributed by atoms with Gasteiger partial charge in [0.2, 0.25) is 0 Å². The summed E-state index contributed by atoms with van der Waals surface area (Å²) in [4.78, 5) is 35.4. The molecule has 2 aliphatic carbocycles. The van der Waals surface area contributed by atoms with Gasteiger partial charge < -0.3 is 25.2 Å². The Labute approximate surface area is 217 Å². The fourth-order valence-electron chi connectivity index (χ4n) is 7.49. The first-order chi connectivity index (χ1) is 18.0. The minimum atomic E-state index is -0.0396. The SMILES string of the molecule is CCN1CC[C@H](NC(=O)c2ccc(N3C4CC(NC(=O)c5ccc6c(c5C)OCC6)CC45CC35)nc2)C1. The van der Waals surface area contributed by atoms with Crippen LogP contribution < -0.4 is 20.3 Å². The van der Waals surface area contributed by atoms with Crippen LogP contribution in [0, 0.1) is 12.3 Å². The number of pyridine rings is 1. The first-order valence-corrected chi connectivity index (χ1v) is 13.8. The van der Waals surface area contributed by atoms with Crippen molar-refractivity contribution in [3.63, 3.8) is 0 Å². The average molecular weight is 502 g/mol. The van der Waals surface area contributed by atoms with E-state index in [9.17, 15) is 9.59 Å². The number of hydrogen-bond acceptors (Lipinski definition) is 6. The second-order valence-electron chi connectivity index (χ2n) is 11.6. The van der Waals surface area contributed by atoms with Gasteiger partial charge in [-0.15, -0.1) is 0 Å². The van der Waals surface area contributed by atoms with Crippen LogP contribution in [0.5, 0.6) is 5.75 Å². The predicted octanol–water partition coefficient (Wildman–Crippen LogP) is 2.69. The topological polar surface area (TPSA) is 86.8 Å². The molecule has 4 heterocycles. The van der Waals surface area contributed by atoms with Crippen LogP contribution in [0.1, 0.15) is 64.4 Å². The van der Waals surface area contributed by atoms with Crippen LogP contribution in [0.2, 0.25) is 0 Å². The Hall–Kier alpha value is -3.13. The number of benzene rings is 1. The number of likely N-dealkylation sites (N-methyl/N-ethyl adjacent to an activating group) is 1. The molecule has 2 saturated carbocycles. The lowest BCUT2D eigenvalue weighted by atomic mass is 9.90. The highest BCUT2D eigenvalue weighted by Gasteiger charge is 2.76. The van der Waals surface area contributed by atoms with E-state index < -0.39 is 0 Å². The molecule has 2 N–H and O–H groups in total. The van der Waals surface area contributed by atoms with Crippen LogP contribution in [0.4, 0.5) is 5.82 Å². The van der Waals surface area contributed by atoms with Gasteiger partial charge in [0.25, 0.3) is 11.8 Å². The summed E-state index contributed by atoms with van der Waals surface area (Å²) in [5.41, 5.74) is 3.80. The van der Waals surface area contributed by atoms with Crippen molar-refractivity contribution in [3.8, 4) is 5.75 Å². The molecule has 4 unspecified atom stereocenters. The van der Waals surface area contributed by atoms with E-state index in [2.05, 4.69) is 27.4 Å². The molecule has 8 heteroatoms. The average Bonchev–Trinajstić information content (AvgIpc) is 3.32. The predicted molar refractivity (Wildman–Crippen MR) is 140 cm³/mol. The molecule has 0 radical (unpaired) electrons. The largest absolute Gasteiger partial charge is 0.493 e. The van der Waals surface area contributed by atoms with Crippen LogP contribution in [0.25, 0.3) is 0 Å². The number of carbonyl (C=O) groups is 2. The van der Waals surface area contributed by atoms with E-state index in [4.69, 9.17) is 9.72 Å². The summed E-state index contributed by atoms with van der Waals surface area (Å²) in [5.74, 6) is 1.79. The number of hydrogen-bond donors (Lipinski definition) is 2. The van der Waals surface area contributed by atoms with Gasteiger partial charge in [-0.05, 0) is 62.9 Å². The fourth-order valence-corrected chi connectivity index (χ4v) is 7.49. The molecule has 2 saturated heterocycles. The molecule has 2 amide bonds. The number of rotatable bonds is 6. The summed E-state index contributed by atoms with van der Waals surface area (Å²) in [6, 6.07) is 9.15. The second kappa shape index (κ2) is 8.45. The lowest BCUT2D eigenvalue weighted by molar-refractivity contribution is 0.0928. The molecule has 4 fully saturated rings. The maximum absolute atomic E-state index is 13.2. The number of nitrogens with zero attached hydrogens (tertiary/aromatic N) is 3. The summed E-state index contributed by atoms with van der Waals surface area (Å²) < 4.78 is 5.76. The first kappa shape index (κ1) is 23.0. The highest BCUT2D eigenvalue weighted by Crippen LogP contribution is 2.71. The Bertz CT molecular complexity index is 1260. The quantitative estimate of drug-likeness (QED) is 0.633. The first-order valence-electron chi connectivity index (χ1n) is 13.8. The zero-order chi connectivity index (χ0) is 25.3. The molecule has 194 valence electrons. The van der Waals surface area contributed by atoms with Crippen molar-refractivity contribution >= 4 is 17.6 Å². The smallest absolute Gasteiger partial charge is 0.253 e. The van der Waals surface area contributed by atoms with Crippen molar-refractivity contribution in [1.29, 1.82) is 0 Å². The number of nitrogens with one attached hydrogen (secondary N) is 2. The Kier molecular flexibility index (Phi) is 5.26. The number of carbonyl (C=O) groups excluding carboxylic acids is 2. The zero-order valence-electron chi connectivity index (χ0n) is 21.6. The molecule has 5 aliphatic rings. The summed E-state index contributed by atoms with van der Waals surface area (Å²) in [7, 11) is 0. The van der Waals surface area contributed by atoms with Gasteiger partial charge in [-0.3, -0.25) is 9.59 Å². The Balaban J connectivity index is 0.982. The lowest BCUT2D eigenvalue weighted by Crippen LogP contribution is -2.53. The van der Waals surface area contributed by atoms with Crippen LogP contribution in [0.3, 0.4) is 0 Å². The Morgan fingerprint density at radius 1 is 1.11 bits per heavy atom. The normalized spacial score (nSPS) is 31.1. The van der Waals surface area contributed by atoms with E-state index >= 15 is 0 Å². The summed E-state index contributed by atoms with van der Waals surface area (Å²) in [6.07, 6.45) is 6.76. The molecule has 5 atom stereocenters. The standard InChI is InChI=1S/C29H35N5O3/c1-3-33-10-8-20(16-33)31-27(35)19-5-7-25(30-15-19)34-23-12-21(13-29(23)14-24(29)34)32-28(36)22-6-4-18-9-11-37-26(18)17(22)2/h4-7,15,20-21,23-24H,3,8-14,16H2,1-2H3,(H,31,35)(H,32,36)/t20-,21?,23?,24?,29?/m0/s1. The van der Waals surface area contributed by atoms with E-state index in [-0.39, 0.29) is 23.9 Å². The van der Waals surface area contributed by atoms with Gasteiger partial charge >= 0.3 is 0 Å². The molecule has 7 rings (SSSR count). The van der Waals surface area contributed by atoms with Crippen molar-refractivity contribution in [2.75, 3.05) is 31.1 Å². The third-order valence-corrected chi connectivity index (χ3v) is 9.56. The fraction of sp³-hybridized carbons (Fsp3) is 0.552. The highest BCUT2D eigenvalue weighted by molar-refractivity contribution is 5.97. The minimum absolute atomic E-state index is 0.0000560. The third-order valence-electron chi connectivity index (χ3n) is 9.56. The highest BCUT2D eigenvalue weighted by atomic mass is 16.5. The van der Waals surface area contributed by atoms with Crippen molar-refractivity contribution in [2.45, 2.75) is 70.1 Å². The maximum Gasteiger partial charge on any atom is 0.253 e. The number of anilines is 1. The Morgan fingerprint density at radius 3 is 2.76 bits per heavy atom. The maximum atomic E-state index is 13.2. The minimum Gasteiger partial charge on any atom is -0.493 e. The van der Waals surface area contributed by atoms with Crippen molar-refractivity contribution in [1.82, 2.24) is 20.5 Å². The molecule has 0 bridgehead atoms. The number of fused-ring (bicyclic) bond motifs is 1. The lowest BCUT2D eigenvalue weighted by Gasteiger charge is -2.44. The van der Waals surface area contributed by atoms with Gasteiger partial charge in [0, 0.05) is 66.4 Å². The summed E-state index contributed by atoms with van der Waals surface area (Å²) >= 11 is 0. The molecule has 8 nitrogen and oxygen atoms in total. The van der Waals surface area contributed by atoms with E-state index in [1.54, 1.807) is 6.20 Å². The zero-order valence-corrected chi connectivity index (χ0v) is 21.6. The van der Waals surface area contributed by atoms with Gasteiger partial charge in [-0.25, -0.2) is 4.98 Å². The third kappa shape index (κ3) is 3.63. The van der Waals surface area contributed by atoms with E-state index in [0.29, 0.717) is 29.7 Å². The van der Waals surface area contributed by atoms with Gasteiger partial charge in [-0.1, -0.05) is 13.0 Å². The number of likely N-dealkylation sites (tertiary alicyclic amines) is 1. The number of ether oxygens (including phenoxy) is 1. The second-order valence-corrected chi connectivity index (χ2v) is 11.6. The van der Waals surface area contributed by atoms with Gasteiger partial charge in [-0.2, -0.15) is 0 Å². The van der Waals surface area contributed by atoms with E-state index in [0.717, 1.165) is 74.4 Å². The molecule has 3 aliphatic heterocycles. The number of aromatic nitrogens is 1. The molecular formula is C29H35N5O3. The number of amides is 2. The van der Waals surface area contributed by atoms with Gasteiger partial charge in [0.1, 0.15) is 11.6 Å². The molecule has 2 aromatic rings. The summed E-state index contributed by atoms with van der Waals surface area (Å²) in [5, 5.41) is 6.48. The molecule has 1 aromatic heterocycles. The molecule has 1 spiro atoms. The van der Waals surface area contributed by atoms with Gasteiger partial charge in [0.15, 0.2) is 0 Å². The van der Waals surface area contributed by atoms with Gasteiger partial charge in [0.05, 0.1) is 12.2 Å². The van der Waals surface area contributed by atoms with E-state index in [1.807, 2.05) is 31.2 Å². The molecule has 1 aromatic carbocycles. The Morgan fingerprint density at radius 2 is 1.97 bits per heavy atom. The van der Waals surface area contributed by atoms with Crippen LogP contribution in [0.15, 0.2) is 30.5 Å². The van der Waals surface area contributed by atoms with Crippen molar-refractivity contribution < 1.29 is 14.3 Å². The van der Waals surface area contributed by atoms with Crippen LogP contribution in [-0.4, -0.2) is 72.1 Å². The monoisotopic (exact) mass is 501 g/mol. The van der Waals surface area contributed by atoms with Crippen molar-refractivity contribution in [3.05, 3.63) is 52.7 Å². The summed E-state index contributed by atoms with van der Waals surface area (Å²) in [6.45, 7) is 7.82. The molecular weight excluding hydrogens is 466 g/mol. The van der Waals surface area contributed by atoms with Crippen LogP contribution >= 0.6 is 0 Å². The van der Waals surface area contributed by atoms with Crippen molar-refractivity contribution in [2.24, 2.45) is 5.41 Å².